The van der Waals surface area contributed by atoms with Gasteiger partial charge in [-0.3, -0.25) is 14.9 Å². The molecule has 0 aromatic heterocycles. The summed E-state index contributed by atoms with van der Waals surface area (Å²) in [7, 11) is 0. The highest BCUT2D eigenvalue weighted by atomic mass is 32.2. The van der Waals surface area contributed by atoms with Gasteiger partial charge in [-0.2, -0.15) is 0 Å². The molecule has 196 valence electrons. The standard InChI is InChI=1S/C27H26N4O6S/c1-2-37-26(33)23-24(18-6-4-3-5-7-18)28-27-30(25(23)19-8-10-20(11-9-19)31(34)35)21(17-38-27)16-22(32)29-12-14-36-15-13-29/h3-11,17,25H,2,12-16H2,1H3. The third-order valence-electron chi connectivity index (χ3n) is 6.47. The van der Waals surface area contributed by atoms with Crippen LogP contribution >= 0.6 is 11.8 Å². The minimum Gasteiger partial charge on any atom is -0.463 e. The quantitative estimate of drug-likeness (QED) is 0.296. The first-order valence-electron chi connectivity index (χ1n) is 12.3. The summed E-state index contributed by atoms with van der Waals surface area (Å²) in [4.78, 5) is 46.0. The molecular weight excluding hydrogens is 508 g/mol. The Kier molecular flexibility index (Phi) is 7.57. The van der Waals surface area contributed by atoms with Gasteiger partial charge in [0.1, 0.15) is 0 Å². The van der Waals surface area contributed by atoms with Crippen molar-refractivity contribution in [2.24, 2.45) is 4.99 Å². The molecule has 3 aliphatic rings. The number of nitro benzene ring substituents is 1. The van der Waals surface area contributed by atoms with Crippen LogP contribution in [0.3, 0.4) is 0 Å². The average molecular weight is 535 g/mol. The molecule has 0 N–H and O–H groups in total. The molecule has 0 aliphatic carbocycles. The molecule has 11 heteroatoms. The number of carbonyl (C=O) groups excluding carboxylic acids is 2. The first kappa shape index (κ1) is 25.7. The van der Waals surface area contributed by atoms with Gasteiger partial charge in [-0.05, 0) is 30.0 Å². The lowest BCUT2D eigenvalue weighted by Gasteiger charge is -2.37. The van der Waals surface area contributed by atoms with Crippen molar-refractivity contribution >= 4 is 40.2 Å². The lowest BCUT2D eigenvalue weighted by Crippen LogP contribution is -2.42. The SMILES string of the molecule is CCOC(=O)C1=C(c2ccccc2)N=C2SC=C(CC(=O)N3CCOCC3)N2C1c1ccc([N+](=O)[O-])cc1. The summed E-state index contributed by atoms with van der Waals surface area (Å²) in [6.45, 7) is 3.95. The van der Waals surface area contributed by atoms with Gasteiger partial charge in [-0.15, -0.1) is 0 Å². The minimum atomic E-state index is -0.698. The van der Waals surface area contributed by atoms with Gasteiger partial charge in [-0.1, -0.05) is 42.1 Å². The summed E-state index contributed by atoms with van der Waals surface area (Å²) >= 11 is 1.38. The van der Waals surface area contributed by atoms with Crippen LogP contribution in [-0.2, 0) is 19.1 Å². The van der Waals surface area contributed by atoms with Crippen molar-refractivity contribution in [2.75, 3.05) is 32.9 Å². The van der Waals surface area contributed by atoms with Gasteiger partial charge in [0.2, 0.25) is 5.91 Å². The second kappa shape index (κ2) is 11.2. The van der Waals surface area contributed by atoms with E-state index in [1.807, 2.05) is 40.6 Å². The molecule has 1 unspecified atom stereocenters. The number of esters is 1. The van der Waals surface area contributed by atoms with E-state index in [2.05, 4.69) is 0 Å². The first-order chi connectivity index (χ1) is 18.5. The van der Waals surface area contributed by atoms with Crippen LogP contribution in [0.25, 0.3) is 5.70 Å². The Morgan fingerprint density at radius 1 is 1.13 bits per heavy atom. The number of morpholine rings is 1. The third kappa shape index (κ3) is 5.07. The Bertz CT molecular complexity index is 1330. The second-order valence-corrected chi connectivity index (χ2v) is 9.60. The number of hydrogen-bond acceptors (Lipinski definition) is 9. The fourth-order valence-electron chi connectivity index (χ4n) is 4.66. The zero-order valence-corrected chi connectivity index (χ0v) is 21.6. The monoisotopic (exact) mass is 534 g/mol. The largest absolute Gasteiger partial charge is 0.463 e. The summed E-state index contributed by atoms with van der Waals surface area (Å²) in [5.41, 5.74) is 2.81. The Hall–Kier alpha value is -3.96. The number of ether oxygens (including phenoxy) is 2. The molecule has 0 radical (unpaired) electrons. The zero-order chi connectivity index (χ0) is 26.6. The second-order valence-electron chi connectivity index (χ2n) is 8.76. The third-order valence-corrected chi connectivity index (χ3v) is 7.36. The highest BCUT2D eigenvalue weighted by Gasteiger charge is 2.42. The van der Waals surface area contributed by atoms with Crippen LogP contribution in [0.1, 0.15) is 30.5 Å². The number of fused-ring (bicyclic) bond motifs is 1. The number of aliphatic imine (C=N–C) groups is 1. The van der Waals surface area contributed by atoms with Crippen LogP contribution in [0, 0.1) is 10.1 Å². The Labute approximate surface area is 223 Å². The number of benzene rings is 2. The fourth-order valence-corrected chi connectivity index (χ4v) is 5.58. The van der Waals surface area contributed by atoms with Crippen LogP contribution in [0.5, 0.6) is 0 Å². The Morgan fingerprint density at radius 2 is 1.84 bits per heavy atom. The Morgan fingerprint density at radius 3 is 2.50 bits per heavy atom. The lowest BCUT2D eigenvalue weighted by molar-refractivity contribution is -0.384. The van der Waals surface area contributed by atoms with Gasteiger partial charge in [0.25, 0.3) is 5.69 Å². The molecule has 3 heterocycles. The molecule has 2 aromatic rings. The highest BCUT2D eigenvalue weighted by molar-refractivity contribution is 8.16. The van der Waals surface area contributed by atoms with Gasteiger partial charge < -0.3 is 19.3 Å². The van der Waals surface area contributed by atoms with Gasteiger partial charge in [-0.25, -0.2) is 9.79 Å². The van der Waals surface area contributed by atoms with Crippen LogP contribution in [0.15, 0.2) is 76.3 Å². The van der Waals surface area contributed by atoms with Crippen LogP contribution in [-0.4, -0.2) is 64.7 Å². The van der Waals surface area contributed by atoms with Crippen molar-refractivity contribution in [3.8, 4) is 0 Å². The summed E-state index contributed by atoms with van der Waals surface area (Å²) in [6.07, 6.45) is 0.117. The topological polar surface area (TPSA) is 115 Å². The van der Waals surface area contributed by atoms with Gasteiger partial charge in [0, 0.05) is 36.5 Å². The predicted octanol–water partition coefficient (Wildman–Crippen LogP) is 4.12. The van der Waals surface area contributed by atoms with E-state index in [0.717, 1.165) is 5.56 Å². The van der Waals surface area contributed by atoms with E-state index >= 15 is 0 Å². The van der Waals surface area contributed by atoms with Crippen LogP contribution in [0.2, 0.25) is 0 Å². The molecule has 5 rings (SSSR count). The molecular formula is C27H26N4O6S. The summed E-state index contributed by atoms with van der Waals surface area (Å²) in [6, 6.07) is 14.8. The molecule has 1 fully saturated rings. The zero-order valence-electron chi connectivity index (χ0n) is 20.7. The number of hydrogen-bond donors (Lipinski definition) is 0. The maximum Gasteiger partial charge on any atom is 0.338 e. The lowest BCUT2D eigenvalue weighted by atomic mass is 9.91. The number of carbonyl (C=O) groups is 2. The van der Waals surface area contributed by atoms with E-state index in [9.17, 15) is 19.7 Å². The van der Waals surface area contributed by atoms with Gasteiger partial charge in [0.15, 0.2) is 5.17 Å². The molecule has 0 saturated carbocycles. The predicted molar refractivity (Wildman–Crippen MR) is 143 cm³/mol. The average Bonchev–Trinajstić information content (AvgIpc) is 3.35. The normalized spacial score (nSPS) is 19.0. The van der Waals surface area contributed by atoms with Crippen molar-refractivity contribution in [1.82, 2.24) is 9.80 Å². The van der Waals surface area contributed by atoms with Crippen molar-refractivity contribution in [2.45, 2.75) is 19.4 Å². The van der Waals surface area contributed by atoms with E-state index in [0.29, 0.717) is 54.0 Å². The number of nitro groups is 1. The van der Waals surface area contributed by atoms with E-state index in [1.54, 1.807) is 24.0 Å². The summed E-state index contributed by atoms with van der Waals surface area (Å²) in [5.74, 6) is -0.576. The molecule has 3 aliphatic heterocycles. The van der Waals surface area contributed by atoms with Crippen LogP contribution in [0.4, 0.5) is 5.69 Å². The smallest absolute Gasteiger partial charge is 0.338 e. The number of rotatable bonds is 7. The van der Waals surface area contributed by atoms with Crippen molar-refractivity contribution < 1.29 is 24.0 Å². The molecule has 38 heavy (non-hydrogen) atoms. The highest BCUT2D eigenvalue weighted by Crippen LogP contribution is 2.47. The number of non-ortho nitro benzene ring substituents is 1. The molecule has 0 spiro atoms. The summed E-state index contributed by atoms with van der Waals surface area (Å²) in [5, 5.41) is 13.8. The first-order valence-corrected chi connectivity index (χ1v) is 13.2. The Balaban J connectivity index is 1.61. The van der Waals surface area contributed by atoms with E-state index < -0.39 is 16.9 Å². The maximum absolute atomic E-state index is 13.5. The fraction of sp³-hybridized carbons (Fsp3) is 0.296. The van der Waals surface area contributed by atoms with Crippen molar-refractivity contribution in [3.63, 3.8) is 0 Å². The molecule has 1 amide bonds. The van der Waals surface area contributed by atoms with Gasteiger partial charge >= 0.3 is 5.97 Å². The molecule has 1 saturated heterocycles. The molecule has 10 nitrogen and oxygen atoms in total. The summed E-state index contributed by atoms with van der Waals surface area (Å²) < 4.78 is 10.9. The molecule has 2 aromatic carbocycles. The van der Waals surface area contributed by atoms with E-state index in [4.69, 9.17) is 14.5 Å². The number of thioether (sulfide) groups is 1. The molecule has 0 bridgehead atoms. The number of nitrogens with zero attached hydrogens (tertiary/aromatic N) is 4. The van der Waals surface area contributed by atoms with E-state index in [1.165, 1.54) is 23.9 Å². The van der Waals surface area contributed by atoms with Gasteiger partial charge in [0.05, 0.1) is 48.5 Å². The van der Waals surface area contributed by atoms with Crippen molar-refractivity contribution in [3.05, 3.63) is 92.5 Å². The maximum atomic E-state index is 13.5. The van der Waals surface area contributed by atoms with E-state index in [-0.39, 0.29) is 24.6 Å². The minimum absolute atomic E-state index is 0.0422. The number of amidine groups is 1. The number of amides is 1. The van der Waals surface area contributed by atoms with Crippen molar-refractivity contribution in [1.29, 1.82) is 0 Å². The molecule has 1 atom stereocenters. The van der Waals surface area contributed by atoms with Crippen LogP contribution < -0.4 is 0 Å².